The molecule has 4 aliphatic carbocycles. The predicted molar refractivity (Wildman–Crippen MR) is 32.1 cm³/mol. The lowest BCUT2D eigenvalue weighted by molar-refractivity contribution is 0.632. The highest BCUT2D eigenvalue weighted by molar-refractivity contribution is 5.28. The fraction of sp³-hybridized carbons (Fsp3) is 0.875. The van der Waals surface area contributed by atoms with Crippen LogP contribution in [0, 0.1) is 29.6 Å². The van der Waals surface area contributed by atoms with Gasteiger partial charge in [-0.1, -0.05) is 0 Å². The second-order valence-corrected chi connectivity index (χ2v) is 3.77. The fourth-order valence-electron chi connectivity index (χ4n) is 3.16. The molecule has 0 saturated heterocycles. The van der Waals surface area contributed by atoms with Crippen LogP contribution >= 0.6 is 0 Å². The van der Waals surface area contributed by atoms with Crippen LogP contribution in [-0.2, 0) is 0 Å². The molecular formula is C8H11+. The second kappa shape index (κ2) is 0.832. The minimum Gasteiger partial charge on any atom is -0.00182 e. The molecule has 4 saturated carbocycles. The average Bonchev–Trinajstić information content (AvgIpc) is 2.23. The van der Waals surface area contributed by atoms with E-state index in [0.29, 0.717) is 0 Å². The Morgan fingerprint density at radius 3 is 2.00 bits per heavy atom. The van der Waals surface area contributed by atoms with E-state index >= 15 is 0 Å². The molecule has 4 rings (SSSR count). The highest BCUT2D eigenvalue weighted by Gasteiger charge is 2.75. The summed E-state index contributed by atoms with van der Waals surface area (Å²) in [5, 5.41) is 0. The van der Waals surface area contributed by atoms with Crippen molar-refractivity contribution in [2.45, 2.75) is 19.8 Å². The van der Waals surface area contributed by atoms with E-state index in [4.69, 9.17) is 0 Å². The van der Waals surface area contributed by atoms with Gasteiger partial charge in [0.05, 0.1) is 12.8 Å². The molecule has 4 fully saturated rings. The third-order valence-electron chi connectivity index (χ3n) is 3.61. The van der Waals surface area contributed by atoms with Crippen LogP contribution in [0.1, 0.15) is 19.8 Å². The Morgan fingerprint density at radius 1 is 1.25 bits per heavy atom. The minimum absolute atomic E-state index is 1.09. The van der Waals surface area contributed by atoms with Gasteiger partial charge in [0.15, 0.2) is 0 Å². The Kier molecular flexibility index (Phi) is 0.396. The van der Waals surface area contributed by atoms with Crippen molar-refractivity contribution in [2.24, 2.45) is 23.7 Å². The molecule has 4 aliphatic rings. The van der Waals surface area contributed by atoms with E-state index < -0.39 is 0 Å². The van der Waals surface area contributed by atoms with Gasteiger partial charge in [0.2, 0.25) is 0 Å². The zero-order valence-electron chi connectivity index (χ0n) is 5.22. The van der Waals surface area contributed by atoms with Gasteiger partial charge < -0.3 is 0 Å². The summed E-state index contributed by atoms with van der Waals surface area (Å²) in [7, 11) is 0. The number of hydrogen-bond acceptors (Lipinski definition) is 0. The van der Waals surface area contributed by atoms with Crippen molar-refractivity contribution in [3.8, 4) is 0 Å². The lowest BCUT2D eigenvalue weighted by Gasteiger charge is -1.92. The fourth-order valence-corrected chi connectivity index (χ4v) is 3.16. The molecule has 8 heavy (non-hydrogen) atoms. The highest BCUT2D eigenvalue weighted by Crippen LogP contribution is 2.73. The van der Waals surface area contributed by atoms with E-state index in [9.17, 15) is 0 Å². The zero-order valence-corrected chi connectivity index (χ0v) is 5.22. The highest BCUT2D eigenvalue weighted by atomic mass is 14.7. The van der Waals surface area contributed by atoms with E-state index in [-0.39, 0.29) is 0 Å². The van der Waals surface area contributed by atoms with Crippen LogP contribution in [0.25, 0.3) is 0 Å². The third kappa shape index (κ3) is 0.208. The molecule has 0 aromatic heterocycles. The molecule has 0 aromatic rings. The first-order chi connectivity index (χ1) is 3.88. The Morgan fingerprint density at radius 2 is 1.88 bits per heavy atom. The van der Waals surface area contributed by atoms with Crippen molar-refractivity contribution >= 4 is 0 Å². The van der Waals surface area contributed by atoms with Gasteiger partial charge in [-0.3, -0.25) is 0 Å². The maximum Gasteiger partial charge on any atom is 0.107 e. The first-order valence-corrected chi connectivity index (χ1v) is 3.71. The van der Waals surface area contributed by atoms with Crippen molar-refractivity contribution in [3.05, 3.63) is 5.92 Å². The molecule has 0 N–H and O–H groups in total. The topological polar surface area (TPSA) is 0 Å². The van der Waals surface area contributed by atoms with Gasteiger partial charge >= 0.3 is 0 Å². The summed E-state index contributed by atoms with van der Waals surface area (Å²) in [6.07, 6.45) is 3.14. The Bertz CT molecular complexity index is 125. The monoisotopic (exact) mass is 107 g/mol. The van der Waals surface area contributed by atoms with Gasteiger partial charge in [-0.05, 0) is 12.8 Å². The van der Waals surface area contributed by atoms with Crippen LogP contribution in [0.2, 0.25) is 0 Å². The third-order valence-corrected chi connectivity index (χ3v) is 3.61. The Labute approximate surface area is 50.3 Å². The Hall–Kier alpha value is -0.130. The summed E-state index contributed by atoms with van der Waals surface area (Å²) in [4.78, 5) is 0. The van der Waals surface area contributed by atoms with Crippen LogP contribution in [-0.4, -0.2) is 0 Å². The van der Waals surface area contributed by atoms with Crippen LogP contribution in [0.5, 0.6) is 0 Å². The van der Waals surface area contributed by atoms with E-state index in [1.807, 2.05) is 5.92 Å². The van der Waals surface area contributed by atoms with Crippen molar-refractivity contribution in [1.29, 1.82) is 0 Å². The lowest BCUT2D eigenvalue weighted by Crippen LogP contribution is -1.94. The van der Waals surface area contributed by atoms with Gasteiger partial charge in [-0.25, -0.2) is 0 Å². The SMILES string of the molecule is C[C+]1C2CC3C(C2)C13. The summed E-state index contributed by atoms with van der Waals surface area (Å²) in [5.74, 6) is 6.48. The first kappa shape index (κ1) is 3.81. The summed E-state index contributed by atoms with van der Waals surface area (Å²) in [6.45, 7) is 2.38. The van der Waals surface area contributed by atoms with E-state index in [1.165, 1.54) is 11.8 Å². The van der Waals surface area contributed by atoms with Gasteiger partial charge in [-0.15, -0.1) is 0 Å². The first-order valence-electron chi connectivity index (χ1n) is 3.71. The molecule has 2 atom stereocenters. The molecule has 0 heterocycles. The van der Waals surface area contributed by atoms with Crippen molar-refractivity contribution in [2.75, 3.05) is 0 Å². The number of rotatable bonds is 0. The standard InChI is InChI=1S/C8H11/c1-4-5-2-6-7(3-5)8(4)6/h5-8H,2-3H2,1H3/q+1. The average molecular weight is 107 g/mol. The molecule has 0 heteroatoms. The van der Waals surface area contributed by atoms with E-state index in [1.54, 1.807) is 12.8 Å². The summed E-state index contributed by atoms with van der Waals surface area (Å²) < 4.78 is 0. The largest absolute Gasteiger partial charge is 0.107 e. The van der Waals surface area contributed by atoms with Crippen LogP contribution in [0.3, 0.4) is 0 Å². The molecule has 0 aromatic carbocycles. The summed E-state index contributed by atoms with van der Waals surface area (Å²) in [6, 6.07) is 0. The van der Waals surface area contributed by atoms with Crippen molar-refractivity contribution < 1.29 is 0 Å². The molecule has 0 aliphatic heterocycles. The lowest BCUT2D eigenvalue weighted by atomic mass is 10.0. The quantitative estimate of drug-likeness (QED) is 0.414. The predicted octanol–water partition coefficient (Wildman–Crippen LogP) is 1.87. The molecule has 0 nitrogen and oxygen atoms in total. The molecule has 0 amide bonds. The van der Waals surface area contributed by atoms with E-state index in [0.717, 1.165) is 11.8 Å². The van der Waals surface area contributed by atoms with Gasteiger partial charge in [-0.2, -0.15) is 0 Å². The van der Waals surface area contributed by atoms with Crippen LogP contribution in [0.15, 0.2) is 0 Å². The molecule has 0 radical (unpaired) electrons. The smallest absolute Gasteiger partial charge is 0.00182 e. The van der Waals surface area contributed by atoms with Crippen LogP contribution in [0.4, 0.5) is 0 Å². The van der Waals surface area contributed by atoms with Gasteiger partial charge in [0.25, 0.3) is 0 Å². The number of hydrogen-bond donors (Lipinski definition) is 0. The molecule has 2 unspecified atom stereocenters. The molecule has 0 spiro atoms. The normalized spacial score (nSPS) is 64.9. The second-order valence-electron chi connectivity index (χ2n) is 3.77. The summed E-state index contributed by atoms with van der Waals surface area (Å²) in [5.41, 5.74) is 0. The van der Waals surface area contributed by atoms with Crippen molar-refractivity contribution in [1.82, 2.24) is 0 Å². The van der Waals surface area contributed by atoms with Crippen molar-refractivity contribution in [3.63, 3.8) is 0 Å². The minimum atomic E-state index is 1.09. The van der Waals surface area contributed by atoms with Gasteiger partial charge in [0.1, 0.15) is 11.8 Å². The van der Waals surface area contributed by atoms with Gasteiger partial charge in [0, 0.05) is 11.8 Å². The Balaban J connectivity index is 2.10. The van der Waals surface area contributed by atoms with Crippen LogP contribution < -0.4 is 0 Å². The maximum atomic E-state index is 2.38. The zero-order chi connectivity index (χ0) is 5.30. The maximum absolute atomic E-state index is 2.38. The molecular weight excluding hydrogens is 96.1 g/mol. The molecule has 42 valence electrons. The molecule has 4 bridgehead atoms. The summed E-state index contributed by atoms with van der Waals surface area (Å²) >= 11 is 0. The van der Waals surface area contributed by atoms with E-state index in [2.05, 4.69) is 6.92 Å².